The van der Waals surface area contributed by atoms with Gasteiger partial charge >= 0.3 is 0 Å². The fourth-order valence-electron chi connectivity index (χ4n) is 2.60. The van der Waals surface area contributed by atoms with Gasteiger partial charge in [0.1, 0.15) is 36.4 Å². The van der Waals surface area contributed by atoms with Crippen LogP contribution in [0.4, 0.5) is 0 Å². The first-order valence-corrected chi connectivity index (χ1v) is 8.73. The standard InChI is InChI=1S/C22H22N4O2.2ClH/c23-21(24)17-4-8-19(9-5-17)27-13-15-2-1-3-16(12-15)14-28-20-10-6-18(7-11-20)22(25)26;;/h1-12H,13-14H2,(H3,23,24)(H3,25,26);2*1H. The second-order valence-electron chi connectivity index (χ2n) is 6.27. The monoisotopic (exact) mass is 446 g/mol. The molecule has 0 fully saturated rings. The van der Waals surface area contributed by atoms with E-state index < -0.39 is 0 Å². The van der Waals surface area contributed by atoms with Gasteiger partial charge in [-0.3, -0.25) is 10.8 Å². The Kier molecular flexibility index (Phi) is 9.68. The minimum atomic E-state index is 0. The molecule has 0 aromatic heterocycles. The number of ether oxygens (including phenoxy) is 2. The summed E-state index contributed by atoms with van der Waals surface area (Å²) in [4.78, 5) is 0. The summed E-state index contributed by atoms with van der Waals surface area (Å²) in [6.45, 7) is 0.862. The molecule has 3 rings (SSSR count). The van der Waals surface area contributed by atoms with E-state index in [1.54, 1.807) is 48.5 Å². The first-order valence-electron chi connectivity index (χ1n) is 8.73. The van der Waals surface area contributed by atoms with Gasteiger partial charge in [-0.2, -0.15) is 0 Å². The minimum Gasteiger partial charge on any atom is -0.489 e. The smallest absolute Gasteiger partial charge is 0.122 e. The third-order valence-corrected chi connectivity index (χ3v) is 4.13. The topological polar surface area (TPSA) is 118 Å². The molecule has 3 aromatic carbocycles. The van der Waals surface area contributed by atoms with Gasteiger partial charge in [0.15, 0.2) is 0 Å². The van der Waals surface area contributed by atoms with Gasteiger partial charge in [0.25, 0.3) is 0 Å². The molecule has 0 aliphatic rings. The van der Waals surface area contributed by atoms with Gasteiger partial charge < -0.3 is 20.9 Å². The van der Waals surface area contributed by atoms with Gasteiger partial charge in [-0.25, -0.2) is 0 Å². The molecule has 0 heterocycles. The van der Waals surface area contributed by atoms with Crippen LogP contribution in [0.1, 0.15) is 22.3 Å². The van der Waals surface area contributed by atoms with Crippen LogP contribution in [0, 0.1) is 10.8 Å². The van der Waals surface area contributed by atoms with Crippen molar-refractivity contribution >= 4 is 36.5 Å². The van der Waals surface area contributed by atoms with Crippen molar-refractivity contribution in [1.29, 1.82) is 10.8 Å². The van der Waals surface area contributed by atoms with Crippen molar-refractivity contribution in [3.05, 3.63) is 95.1 Å². The van der Waals surface area contributed by atoms with Crippen LogP contribution in [0.5, 0.6) is 11.5 Å². The summed E-state index contributed by atoms with van der Waals surface area (Å²) >= 11 is 0. The van der Waals surface area contributed by atoms with E-state index >= 15 is 0 Å². The number of halogens is 2. The maximum absolute atomic E-state index is 7.41. The fourth-order valence-corrected chi connectivity index (χ4v) is 2.60. The first-order chi connectivity index (χ1) is 13.5. The van der Waals surface area contributed by atoms with Crippen LogP contribution in [0.25, 0.3) is 0 Å². The summed E-state index contributed by atoms with van der Waals surface area (Å²) in [6.07, 6.45) is 0. The van der Waals surface area contributed by atoms with Crippen LogP contribution in [-0.4, -0.2) is 11.7 Å². The quantitative estimate of drug-likeness (QED) is 0.305. The van der Waals surface area contributed by atoms with Crippen LogP contribution in [0.3, 0.4) is 0 Å². The molecule has 0 atom stereocenters. The Bertz CT molecular complexity index is 900. The van der Waals surface area contributed by atoms with Gasteiger partial charge in [-0.05, 0) is 65.7 Å². The van der Waals surface area contributed by atoms with Crippen molar-refractivity contribution in [3.63, 3.8) is 0 Å². The minimum absolute atomic E-state index is 0. The molecule has 0 bridgehead atoms. The van der Waals surface area contributed by atoms with E-state index in [2.05, 4.69) is 0 Å². The summed E-state index contributed by atoms with van der Waals surface area (Å²) in [6, 6.07) is 22.2. The molecule has 6 nitrogen and oxygen atoms in total. The number of hydrogen-bond donors (Lipinski definition) is 4. The van der Waals surface area contributed by atoms with Crippen molar-refractivity contribution in [1.82, 2.24) is 0 Å². The van der Waals surface area contributed by atoms with Crippen LogP contribution in [0.2, 0.25) is 0 Å². The zero-order chi connectivity index (χ0) is 19.9. The van der Waals surface area contributed by atoms with Crippen LogP contribution < -0.4 is 20.9 Å². The van der Waals surface area contributed by atoms with E-state index in [4.69, 9.17) is 31.8 Å². The largest absolute Gasteiger partial charge is 0.489 e. The summed E-state index contributed by atoms with van der Waals surface area (Å²) in [5, 5.41) is 14.8. The highest BCUT2D eigenvalue weighted by Crippen LogP contribution is 2.17. The summed E-state index contributed by atoms with van der Waals surface area (Å²) in [5.74, 6) is 1.51. The zero-order valence-electron chi connectivity index (χ0n) is 16.1. The lowest BCUT2D eigenvalue weighted by atomic mass is 10.1. The lowest BCUT2D eigenvalue weighted by molar-refractivity contribution is 0.300. The Morgan fingerprint density at radius 2 is 1.00 bits per heavy atom. The predicted molar refractivity (Wildman–Crippen MR) is 125 cm³/mol. The zero-order valence-corrected chi connectivity index (χ0v) is 17.8. The molecule has 0 radical (unpaired) electrons. The Morgan fingerprint density at radius 1 is 0.633 bits per heavy atom. The third-order valence-electron chi connectivity index (χ3n) is 4.13. The average Bonchev–Trinajstić information content (AvgIpc) is 2.71. The lowest BCUT2D eigenvalue weighted by Crippen LogP contribution is -2.10. The van der Waals surface area contributed by atoms with Crippen molar-refractivity contribution < 1.29 is 9.47 Å². The molecule has 0 saturated heterocycles. The summed E-state index contributed by atoms with van der Waals surface area (Å²) in [5.41, 5.74) is 14.3. The van der Waals surface area contributed by atoms with E-state index in [0.29, 0.717) is 24.3 Å². The third kappa shape index (κ3) is 6.99. The SMILES string of the molecule is Cl.Cl.N=C(N)c1ccc(OCc2cccc(COc3ccc(C(=N)N)cc3)c2)cc1. The van der Waals surface area contributed by atoms with Crippen LogP contribution in [-0.2, 0) is 13.2 Å². The Morgan fingerprint density at radius 3 is 1.33 bits per heavy atom. The van der Waals surface area contributed by atoms with Crippen molar-refractivity contribution in [3.8, 4) is 11.5 Å². The van der Waals surface area contributed by atoms with Crippen LogP contribution >= 0.6 is 24.8 Å². The lowest BCUT2D eigenvalue weighted by Gasteiger charge is -2.10. The van der Waals surface area contributed by atoms with Crippen molar-refractivity contribution in [2.75, 3.05) is 0 Å². The number of rotatable bonds is 8. The number of nitrogen functional groups attached to an aromatic ring is 2. The van der Waals surface area contributed by atoms with E-state index in [0.717, 1.165) is 22.6 Å². The molecular weight excluding hydrogens is 423 g/mol. The molecule has 0 amide bonds. The number of nitrogens with one attached hydrogen (secondary N) is 2. The summed E-state index contributed by atoms with van der Waals surface area (Å²) < 4.78 is 11.6. The van der Waals surface area contributed by atoms with Crippen LogP contribution in [0.15, 0.2) is 72.8 Å². The van der Waals surface area contributed by atoms with Gasteiger partial charge in [-0.15, -0.1) is 24.8 Å². The van der Waals surface area contributed by atoms with Gasteiger partial charge in [0.05, 0.1) is 0 Å². The Hall–Kier alpha value is -3.22. The molecule has 3 aromatic rings. The molecule has 0 unspecified atom stereocenters. The second kappa shape index (κ2) is 11.7. The molecule has 8 heteroatoms. The summed E-state index contributed by atoms with van der Waals surface area (Å²) in [7, 11) is 0. The van der Waals surface area contributed by atoms with E-state index in [1.807, 2.05) is 24.3 Å². The molecule has 30 heavy (non-hydrogen) atoms. The highest BCUT2D eigenvalue weighted by atomic mass is 35.5. The fraction of sp³-hybridized carbons (Fsp3) is 0.0909. The molecule has 0 spiro atoms. The Balaban J connectivity index is 0.00000225. The van der Waals surface area contributed by atoms with E-state index in [9.17, 15) is 0 Å². The second-order valence-corrected chi connectivity index (χ2v) is 6.27. The predicted octanol–water partition coefficient (Wildman–Crippen LogP) is 4.26. The number of benzene rings is 3. The molecule has 6 N–H and O–H groups in total. The number of amidine groups is 2. The van der Waals surface area contributed by atoms with E-state index in [-0.39, 0.29) is 36.5 Å². The number of nitrogens with two attached hydrogens (primary N) is 2. The maximum Gasteiger partial charge on any atom is 0.122 e. The molecule has 0 aliphatic carbocycles. The average molecular weight is 447 g/mol. The molecule has 0 saturated carbocycles. The number of hydrogen-bond acceptors (Lipinski definition) is 4. The first kappa shape index (κ1) is 24.8. The molecule has 158 valence electrons. The highest BCUT2D eigenvalue weighted by molar-refractivity contribution is 5.95. The molecular formula is C22H24Cl2N4O2. The van der Waals surface area contributed by atoms with Gasteiger partial charge in [0, 0.05) is 11.1 Å². The van der Waals surface area contributed by atoms with E-state index in [1.165, 1.54) is 0 Å². The highest BCUT2D eigenvalue weighted by Gasteiger charge is 2.02. The Labute approximate surface area is 188 Å². The van der Waals surface area contributed by atoms with Crippen molar-refractivity contribution in [2.45, 2.75) is 13.2 Å². The van der Waals surface area contributed by atoms with Crippen molar-refractivity contribution in [2.24, 2.45) is 11.5 Å². The van der Waals surface area contributed by atoms with Gasteiger partial charge in [0.2, 0.25) is 0 Å². The van der Waals surface area contributed by atoms with Gasteiger partial charge in [-0.1, -0.05) is 18.2 Å². The maximum atomic E-state index is 7.41. The molecule has 0 aliphatic heterocycles. The normalized spacial score (nSPS) is 9.60.